The number of fused-ring (bicyclic) bond motifs is 3. The first kappa shape index (κ1) is 22.8. The number of nitrogens with one attached hydrogen (secondary N) is 1. The predicted octanol–water partition coefficient (Wildman–Crippen LogP) is 5.45. The van der Waals surface area contributed by atoms with E-state index in [9.17, 15) is 17.6 Å². The molecule has 2 aliphatic heterocycles. The molecule has 2 bridgehead atoms. The summed E-state index contributed by atoms with van der Waals surface area (Å²) in [5.41, 5.74) is 0.309. The average molecular weight is 507 g/mol. The molecule has 3 aliphatic rings. The molecule has 0 radical (unpaired) electrons. The molecule has 3 aromatic rings. The Morgan fingerprint density at radius 3 is 2.51 bits per heavy atom. The van der Waals surface area contributed by atoms with Crippen LogP contribution in [0.1, 0.15) is 54.2 Å². The van der Waals surface area contributed by atoms with Gasteiger partial charge in [0.1, 0.15) is 16.6 Å². The monoisotopic (exact) mass is 506 g/mol. The Labute approximate surface area is 204 Å². The third kappa shape index (κ3) is 4.17. The molecule has 2 fully saturated rings. The van der Waals surface area contributed by atoms with Crippen LogP contribution < -0.4 is 10.2 Å². The van der Waals surface area contributed by atoms with Crippen molar-refractivity contribution in [2.45, 2.75) is 57.3 Å². The van der Waals surface area contributed by atoms with Gasteiger partial charge < -0.3 is 10.2 Å². The summed E-state index contributed by atoms with van der Waals surface area (Å²) in [7, 11) is 0. The highest BCUT2D eigenvalue weighted by Gasteiger charge is 2.43. The fourth-order valence-electron chi connectivity index (χ4n) is 5.98. The van der Waals surface area contributed by atoms with Gasteiger partial charge in [-0.3, -0.25) is 0 Å². The van der Waals surface area contributed by atoms with Gasteiger partial charge in [-0.2, -0.15) is 22.5 Å². The number of nitrogens with zero attached hydrogens (tertiary/aromatic N) is 5. The highest BCUT2D eigenvalue weighted by molar-refractivity contribution is 7.10. The Morgan fingerprint density at radius 1 is 1.09 bits per heavy atom. The van der Waals surface area contributed by atoms with Crippen LogP contribution in [0.3, 0.4) is 0 Å². The molecule has 0 spiro atoms. The number of aryl methyl sites for hydroxylation is 2. The number of rotatable bonds is 4. The van der Waals surface area contributed by atoms with Crippen LogP contribution in [0.5, 0.6) is 0 Å². The normalized spacial score (nSPS) is 26.1. The van der Waals surface area contributed by atoms with Gasteiger partial charge in [0.2, 0.25) is 5.95 Å². The number of alkyl halides is 3. The fourth-order valence-corrected chi connectivity index (χ4v) is 6.76. The van der Waals surface area contributed by atoms with E-state index in [1.807, 2.05) is 6.92 Å². The Balaban J connectivity index is 1.21. The summed E-state index contributed by atoms with van der Waals surface area (Å²) in [4.78, 5) is 7.15. The molecule has 0 amide bonds. The maximum atomic E-state index is 14.7. The Hall–Kier alpha value is -2.69. The number of hydrogen-bond donors (Lipinski definition) is 1. The third-order valence-electron chi connectivity index (χ3n) is 7.63. The largest absolute Gasteiger partial charge is 0.416 e. The number of piperidine rings is 1. The van der Waals surface area contributed by atoms with Gasteiger partial charge in [0.05, 0.1) is 11.3 Å². The summed E-state index contributed by atoms with van der Waals surface area (Å²) in [6.07, 6.45) is -0.902. The van der Waals surface area contributed by atoms with Gasteiger partial charge in [0, 0.05) is 31.6 Å². The van der Waals surface area contributed by atoms with Crippen molar-refractivity contribution in [3.05, 3.63) is 52.7 Å². The van der Waals surface area contributed by atoms with Crippen molar-refractivity contribution in [3.8, 4) is 0 Å². The topological polar surface area (TPSA) is 58.9 Å². The quantitative estimate of drug-likeness (QED) is 0.477. The first-order valence-corrected chi connectivity index (χ1v) is 12.8. The summed E-state index contributed by atoms with van der Waals surface area (Å²) in [5.74, 6) is 0.826. The molecule has 1 aromatic carbocycles. The average Bonchev–Trinajstić information content (AvgIpc) is 3.48. The van der Waals surface area contributed by atoms with Crippen LogP contribution in [0.4, 0.5) is 28.5 Å². The van der Waals surface area contributed by atoms with Crippen LogP contribution >= 0.6 is 11.5 Å². The van der Waals surface area contributed by atoms with E-state index in [1.165, 1.54) is 11.1 Å². The minimum Gasteiger partial charge on any atom is -0.361 e. The van der Waals surface area contributed by atoms with Gasteiger partial charge in [-0.05, 0) is 79.7 Å². The highest BCUT2D eigenvalue weighted by atomic mass is 32.1. The summed E-state index contributed by atoms with van der Waals surface area (Å²) in [6, 6.07) is 5.19. The molecular weight excluding hydrogens is 480 g/mol. The molecule has 1 aliphatic carbocycles. The van der Waals surface area contributed by atoms with Crippen molar-refractivity contribution >= 4 is 22.5 Å². The van der Waals surface area contributed by atoms with Crippen molar-refractivity contribution in [3.63, 3.8) is 0 Å². The van der Waals surface area contributed by atoms with E-state index in [1.54, 1.807) is 16.2 Å². The zero-order chi connectivity index (χ0) is 24.3. The Bertz CT molecular complexity index is 1220. The van der Waals surface area contributed by atoms with Crippen LogP contribution in [0.25, 0.3) is 0 Å². The number of halogens is 4. The standard InChI is InChI=1S/C24H26F4N6S/c1-13-9-20(35-32-13)33-11-14-4-5-15(12-33)21(14)29-23-30-22-18(3-2-8-34(22)31-23)17-7-6-16(10-19(17)25)24(26,27)28/h6-7,9-10,14-15,18,21H,2-5,8,11-12H2,1H3,(H,29,31)/t14-,15+,18?,21-. The minimum absolute atomic E-state index is 0.242. The van der Waals surface area contributed by atoms with Crippen LogP contribution in [0.15, 0.2) is 24.3 Å². The van der Waals surface area contributed by atoms with Crippen LogP contribution in [-0.4, -0.2) is 38.3 Å². The molecule has 1 N–H and O–H groups in total. The van der Waals surface area contributed by atoms with E-state index in [0.717, 1.165) is 44.1 Å². The lowest BCUT2D eigenvalue weighted by atomic mass is 9.90. The lowest BCUT2D eigenvalue weighted by molar-refractivity contribution is -0.137. The summed E-state index contributed by atoms with van der Waals surface area (Å²) in [5, 5.41) is 9.44. The van der Waals surface area contributed by atoms with Gasteiger partial charge in [0.25, 0.3) is 0 Å². The molecule has 6 rings (SSSR count). The van der Waals surface area contributed by atoms with E-state index in [0.29, 0.717) is 42.6 Å². The molecule has 4 heterocycles. The number of benzene rings is 1. The SMILES string of the molecule is Cc1cc(N2C[C@H]3CC[C@@H](C2)[C@@H]3Nc2nc3n(n2)CCCC3c2ccc(C(F)(F)F)cc2F)sn1. The molecule has 6 nitrogen and oxygen atoms in total. The van der Waals surface area contributed by atoms with Crippen molar-refractivity contribution < 1.29 is 17.6 Å². The molecule has 35 heavy (non-hydrogen) atoms. The number of anilines is 2. The van der Waals surface area contributed by atoms with E-state index in [2.05, 4.69) is 25.8 Å². The lowest BCUT2D eigenvalue weighted by Gasteiger charge is -2.38. The maximum absolute atomic E-state index is 14.7. The van der Waals surface area contributed by atoms with Crippen molar-refractivity contribution in [2.75, 3.05) is 23.3 Å². The molecule has 4 atom stereocenters. The second-order valence-corrected chi connectivity index (χ2v) is 10.7. The van der Waals surface area contributed by atoms with Crippen molar-refractivity contribution in [1.82, 2.24) is 19.1 Å². The first-order valence-electron chi connectivity index (χ1n) is 12.0. The first-order chi connectivity index (χ1) is 16.8. The fraction of sp³-hybridized carbons (Fsp3) is 0.542. The van der Waals surface area contributed by atoms with E-state index >= 15 is 0 Å². The number of hydrogen-bond acceptors (Lipinski definition) is 6. The Morgan fingerprint density at radius 2 is 1.86 bits per heavy atom. The van der Waals surface area contributed by atoms with Crippen LogP contribution in [0, 0.1) is 24.6 Å². The maximum Gasteiger partial charge on any atom is 0.416 e. The third-order valence-corrected chi connectivity index (χ3v) is 8.58. The van der Waals surface area contributed by atoms with Gasteiger partial charge in [0.15, 0.2) is 0 Å². The van der Waals surface area contributed by atoms with Crippen LogP contribution in [0.2, 0.25) is 0 Å². The van der Waals surface area contributed by atoms with Crippen molar-refractivity contribution in [2.24, 2.45) is 11.8 Å². The second kappa shape index (κ2) is 8.46. The predicted molar refractivity (Wildman–Crippen MR) is 125 cm³/mol. The lowest BCUT2D eigenvalue weighted by Crippen LogP contribution is -2.48. The minimum atomic E-state index is -4.57. The molecule has 11 heteroatoms. The molecule has 2 aromatic heterocycles. The number of aromatic nitrogens is 4. The van der Waals surface area contributed by atoms with Crippen LogP contribution in [-0.2, 0) is 12.7 Å². The summed E-state index contributed by atoms with van der Waals surface area (Å²) >= 11 is 1.55. The van der Waals surface area contributed by atoms with Gasteiger partial charge >= 0.3 is 6.18 Å². The smallest absolute Gasteiger partial charge is 0.361 e. The molecule has 1 saturated heterocycles. The Kier molecular flexibility index (Phi) is 5.50. The molecule has 1 saturated carbocycles. The molecular formula is C24H26F4N6S. The second-order valence-electron chi connectivity index (χ2n) is 9.92. The van der Waals surface area contributed by atoms with E-state index in [4.69, 9.17) is 4.98 Å². The summed E-state index contributed by atoms with van der Waals surface area (Å²) in [6.45, 7) is 4.60. The molecule has 186 valence electrons. The van der Waals surface area contributed by atoms with Crippen molar-refractivity contribution in [1.29, 1.82) is 0 Å². The van der Waals surface area contributed by atoms with Gasteiger partial charge in [-0.1, -0.05) is 6.07 Å². The van der Waals surface area contributed by atoms with E-state index in [-0.39, 0.29) is 11.6 Å². The van der Waals surface area contributed by atoms with Gasteiger partial charge in [-0.25, -0.2) is 9.07 Å². The zero-order valence-corrected chi connectivity index (χ0v) is 20.0. The van der Waals surface area contributed by atoms with Gasteiger partial charge in [-0.15, -0.1) is 5.10 Å². The highest BCUT2D eigenvalue weighted by Crippen LogP contribution is 2.42. The molecule has 1 unspecified atom stereocenters. The summed E-state index contributed by atoms with van der Waals surface area (Å²) < 4.78 is 59.9. The van der Waals surface area contributed by atoms with E-state index < -0.39 is 23.5 Å². The zero-order valence-electron chi connectivity index (χ0n) is 19.2.